The largest absolute Gasteiger partial charge is 0.508 e. The maximum atomic E-state index is 10.1. The van der Waals surface area contributed by atoms with E-state index in [-0.39, 0.29) is 5.75 Å². The summed E-state index contributed by atoms with van der Waals surface area (Å²) in [5.74, 6) is 0.289. The summed E-state index contributed by atoms with van der Waals surface area (Å²) in [6.45, 7) is 10.7. The molecule has 2 N–H and O–H groups in total. The van der Waals surface area contributed by atoms with E-state index in [0.29, 0.717) is 0 Å². The third-order valence-electron chi connectivity index (χ3n) is 5.72. The van der Waals surface area contributed by atoms with Crippen molar-refractivity contribution in [1.82, 2.24) is 14.6 Å². The monoisotopic (exact) mass is 376 g/mol. The van der Waals surface area contributed by atoms with Crippen LogP contribution in [0.4, 0.5) is 0 Å². The van der Waals surface area contributed by atoms with Crippen molar-refractivity contribution >= 4 is 32.6 Å². The lowest BCUT2D eigenvalue weighted by Crippen LogP contribution is -2.27. The molecule has 0 spiro atoms. The first-order valence-electron chi connectivity index (χ1n) is 10.1. The number of hydrogen-bond donors (Lipinski definition) is 2. The van der Waals surface area contributed by atoms with Crippen LogP contribution in [0.3, 0.4) is 0 Å². The summed E-state index contributed by atoms with van der Waals surface area (Å²) in [6, 6.07) is 9.86. The smallest absolute Gasteiger partial charge is 0.116 e. The number of aromatic nitrogens is 2. The highest BCUT2D eigenvalue weighted by molar-refractivity contribution is 6.14. The van der Waals surface area contributed by atoms with Crippen LogP contribution >= 0.6 is 0 Å². The van der Waals surface area contributed by atoms with Crippen LogP contribution in [-0.2, 0) is 0 Å². The van der Waals surface area contributed by atoms with E-state index in [9.17, 15) is 5.11 Å². The molecule has 2 aromatic heterocycles. The fourth-order valence-corrected chi connectivity index (χ4v) is 4.16. The number of phenolic OH excluding ortho intramolecular Hbond substituents is 1. The summed E-state index contributed by atoms with van der Waals surface area (Å²) in [5.41, 5.74) is 7.11. The Balaban J connectivity index is 1.80. The lowest BCUT2D eigenvalue weighted by Gasteiger charge is -2.19. The zero-order valence-electron chi connectivity index (χ0n) is 16.9. The summed E-state index contributed by atoms with van der Waals surface area (Å²) in [7, 11) is 0. The minimum atomic E-state index is 0.289. The normalized spacial score (nSPS) is 11.9. The highest BCUT2D eigenvalue weighted by Gasteiger charge is 2.15. The second-order valence-corrected chi connectivity index (χ2v) is 7.32. The van der Waals surface area contributed by atoms with Gasteiger partial charge < -0.3 is 15.4 Å². The molecule has 0 unspecified atom stereocenters. The van der Waals surface area contributed by atoms with Crippen molar-refractivity contribution in [2.45, 2.75) is 27.2 Å². The fraction of sp³-hybridized carbons (Fsp3) is 0.348. The summed E-state index contributed by atoms with van der Waals surface area (Å²) in [4.78, 5) is 6.72. The molecule has 28 heavy (non-hydrogen) atoms. The van der Waals surface area contributed by atoms with Crippen LogP contribution in [0.15, 0.2) is 42.7 Å². The van der Waals surface area contributed by atoms with Crippen LogP contribution in [0, 0.1) is 6.92 Å². The molecule has 5 nitrogen and oxygen atoms in total. The Bertz CT molecular complexity index is 1130. The van der Waals surface area contributed by atoms with Gasteiger partial charge in [-0.25, -0.2) is 0 Å². The van der Waals surface area contributed by atoms with Crippen LogP contribution in [0.2, 0.25) is 0 Å². The van der Waals surface area contributed by atoms with Gasteiger partial charge in [0, 0.05) is 35.1 Å². The van der Waals surface area contributed by atoms with Crippen LogP contribution in [-0.4, -0.2) is 45.8 Å². The van der Waals surface area contributed by atoms with E-state index >= 15 is 0 Å². The highest BCUT2D eigenvalue weighted by Crippen LogP contribution is 2.36. The van der Waals surface area contributed by atoms with Gasteiger partial charge in [0.2, 0.25) is 0 Å². The molecule has 0 amide bonds. The molecule has 0 aliphatic carbocycles. The average molecular weight is 377 g/mol. The molecule has 146 valence electrons. The molecule has 2 heterocycles. The first-order valence-corrected chi connectivity index (χ1v) is 10.1. The van der Waals surface area contributed by atoms with Crippen molar-refractivity contribution in [1.29, 1.82) is 0 Å². The van der Waals surface area contributed by atoms with Crippen LogP contribution in [0.1, 0.15) is 25.8 Å². The minimum absolute atomic E-state index is 0.289. The number of nitrogens with zero attached hydrogens (tertiary/aromatic N) is 3. The standard InChI is InChI=1S/C23H28N4O/c1-4-26(5-2)12-6-10-25-27-22-8-7-18(28)14-20(22)21-13-17-15-24-11-9-19(17)16(3)23(21)27/h7-9,11,13-15,25,28H,4-6,10,12H2,1-3H3. The maximum Gasteiger partial charge on any atom is 0.116 e. The number of nitrogens with one attached hydrogen (secondary N) is 1. The van der Waals surface area contributed by atoms with Gasteiger partial charge in [0.1, 0.15) is 5.75 Å². The summed E-state index contributed by atoms with van der Waals surface area (Å²) >= 11 is 0. The van der Waals surface area contributed by atoms with E-state index in [1.807, 2.05) is 24.5 Å². The summed E-state index contributed by atoms with van der Waals surface area (Å²) in [6.07, 6.45) is 4.83. The van der Waals surface area contributed by atoms with Crippen molar-refractivity contribution in [3.05, 3.63) is 48.3 Å². The van der Waals surface area contributed by atoms with Crippen molar-refractivity contribution in [2.75, 3.05) is 31.6 Å². The van der Waals surface area contributed by atoms with Crippen molar-refractivity contribution in [3.63, 3.8) is 0 Å². The van der Waals surface area contributed by atoms with Gasteiger partial charge in [-0.05, 0) is 74.3 Å². The minimum Gasteiger partial charge on any atom is -0.508 e. The zero-order valence-corrected chi connectivity index (χ0v) is 16.9. The number of pyridine rings is 1. The van der Waals surface area contributed by atoms with Crippen LogP contribution in [0.5, 0.6) is 5.75 Å². The van der Waals surface area contributed by atoms with E-state index < -0.39 is 0 Å². The number of phenols is 1. The third-order valence-corrected chi connectivity index (χ3v) is 5.72. The molecule has 0 fully saturated rings. The predicted molar refractivity (Wildman–Crippen MR) is 118 cm³/mol. The van der Waals surface area contributed by atoms with Gasteiger partial charge in [-0.2, -0.15) is 0 Å². The van der Waals surface area contributed by atoms with E-state index in [1.54, 1.807) is 6.07 Å². The SMILES string of the molecule is CCN(CC)CCCNn1c2ccc(O)cc2c2cc3cnccc3c(C)c21. The quantitative estimate of drug-likeness (QED) is 0.462. The first-order chi connectivity index (χ1) is 13.6. The number of aryl methyl sites for hydroxylation is 1. The predicted octanol–water partition coefficient (Wildman–Crippen LogP) is 4.63. The van der Waals surface area contributed by atoms with Gasteiger partial charge in [-0.3, -0.25) is 9.66 Å². The Morgan fingerprint density at radius 3 is 2.68 bits per heavy atom. The lowest BCUT2D eigenvalue weighted by molar-refractivity contribution is 0.302. The number of fused-ring (bicyclic) bond motifs is 4. The van der Waals surface area contributed by atoms with Gasteiger partial charge in [0.25, 0.3) is 0 Å². The van der Waals surface area contributed by atoms with E-state index in [0.717, 1.165) is 54.3 Å². The Morgan fingerprint density at radius 2 is 1.89 bits per heavy atom. The van der Waals surface area contributed by atoms with E-state index in [4.69, 9.17) is 0 Å². The molecular formula is C23H28N4O. The molecular weight excluding hydrogens is 348 g/mol. The molecule has 0 saturated heterocycles. The van der Waals surface area contributed by atoms with E-state index in [2.05, 4.69) is 52.9 Å². The number of rotatable bonds is 7. The summed E-state index contributed by atoms with van der Waals surface area (Å²) < 4.78 is 2.20. The van der Waals surface area contributed by atoms with Gasteiger partial charge in [0.05, 0.1) is 11.0 Å². The second-order valence-electron chi connectivity index (χ2n) is 7.32. The molecule has 5 heteroatoms. The van der Waals surface area contributed by atoms with Gasteiger partial charge in [-0.1, -0.05) is 13.8 Å². The molecule has 0 aliphatic heterocycles. The van der Waals surface area contributed by atoms with Gasteiger partial charge in [-0.15, -0.1) is 0 Å². The average Bonchev–Trinajstić information content (AvgIpc) is 3.01. The Kier molecular flexibility index (Phi) is 5.09. The maximum absolute atomic E-state index is 10.1. The number of hydrogen-bond acceptors (Lipinski definition) is 4. The lowest BCUT2D eigenvalue weighted by atomic mass is 10.0. The Labute approximate surface area is 165 Å². The fourth-order valence-electron chi connectivity index (χ4n) is 4.16. The number of benzene rings is 2. The van der Waals surface area contributed by atoms with Crippen molar-refractivity contribution in [3.8, 4) is 5.75 Å². The van der Waals surface area contributed by atoms with Crippen molar-refractivity contribution in [2.24, 2.45) is 0 Å². The Hall–Kier alpha value is -2.79. The molecule has 2 aromatic carbocycles. The van der Waals surface area contributed by atoms with E-state index in [1.165, 1.54) is 16.5 Å². The Morgan fingerprint density at radius 1 is 1.07 bits per heavy atom. The molecule has 0 aliphatic rings. The molecule has 0 saturated carbocycles. The zero-order chi connectivity index (χ0) is 19.7. The third kappa shape index (κ3) is 3.16. The van der Waals surface area contributed by atoms with Gasteiger partial charge >= 0.3 is 0 Å². The number of aromatic hydroxyl groups is 1. The summed E-state index contributed by atoms with van der Waals surface area (Å²) in [5, 5.41) is 14.6. The second kappa shape index (κ2) is 7.68. The highest BCUT2D eigenvalue weighted by atomic mass is 16.3. The molecule has 4 aromatic rings. The van der Waals surface area contributed by atoms with Gasteiger partial charge in [0.15, 0.2) is 0 Å². The van der Waals surface area contributed by atoms with Crippen molar-refractivity contribution < 1.29 is 5.11 Å². The van der Waals surface area contributed by atoms with Crippen LogP contribution < -0.4 is 5.43 Å². The van der Waals surface area contributed by atoms with Crippen LogP contribution in [0.25, 0.3) is 32.6 Å². The molecule has 0 radical (unpaired) electrons. The molecule has 4 rings (SSSR count). The molecule has 0 atom stereocenters. The molecule has 0 bridgehead atoms. The topological polar surface area (TPSA) is 53.3 Å². The first kappa shape index (κ1) is 18.6.